The molecule has 0 aromatic heterocycles. The maximum atomic E-state index is 11.8. The smallest absolute Gasteiger partial charge is 0.351 e. The Morgan fingerprint density at radius 2 is 2.00 bits per heavy atom. The number of nitrogens with zero attached hydrogens (tertiary/aromatic N) is 1. The first-order valence-electron chi connectivity index (χ1n) is 4.49. The van der Waals surface area contributed by atoms with Gasteiger partial charge in [-0.05, 0) is 12.1 Å². The molecule has 0 saturated carbocycles. The van der Waals surface area contributed by atoms with Crippen molar-refractivity contribution in [3.8, 4) is 0 Å². The lowest BCUT2D eigenvalue weighted by Crippen LogP contribution is -2.33. The van der Waals surface area contributed by atoms with E-state index in [0.29, 0.717) is 0 Å². The molecule has 17 heavy (non-hydrogen) atoms. The van der Waals surface area contributed by atoms with Gasteiger partial charge in [0.25, 0.3) is 11.5 Å². The Morgan fingerprint density at radius 1 is 1.41 bits per heavy atom. The van der Waals surface area contributed by atoms with Gasteiger partial charge in [-0.3, -0.25) is 4.79 Å². The number of halogens is 2. The Hall–Kier alpha value is -1.30. The van der Waals surface area contributed by atoms with Crippen molar-refractivity contribution >= 4 is 35.1 Å². The number of carbonyl (C=O) groups excluding carboxylic acids is 1. The molecule has 1 rings (SSSR count). The van der Waals surface area contributed by atoms with Gasteiger partial charge in [-0.15, -0.1) is 0 Å². The first-order chi connectivity index (χ1) is 7.93. The van der Waals surface area contributed by atoms with E-state index in [2.05, 4.69) is 4.84 Å². The number of hydrogen-bond acceptors (Lipinski definition) is 3. The fourth-order valence-corrected chi connectivity index (χ4v) is 1.37. The van der Waals surface area contributed by atoms with Crippen LogP contribution >= 0.6 is 23.2 Å². The number of amides is 1. The summed E-state index contributed by atoms with van der Waals surface area (Å²) >= 11 is 11.1. The average molecular weight is 278 g/mol. The number of hydroxylamine groups is 2. The second-order valence-electron chi connectivity index (χ2n) is 3.04. The molecular weight excluding hydrogens is 269 g/mol. The zero-order chi connectivity index (χ0) is 13.0. The number of aliphatic carboxylic acids is 1. The van der Waals surface area contributed by atoms with Gasteiger partial charge in [-0.2, -0.15) is 0 Å². The van der Waals surface area contributed by atoms with Crippen LogP contribution in [-0.4, -0.2) is 34.7 Å². The Kier molecular flexibility index (Phi) is 4.74. The average Bonchev–Trinajstić information content (AvgIpc) is 2.28. The van der Waals surface area contributed by atoms with Gasteiger partial charge in [0, 0.05) is 7.05 Å². The molecule has 1 atom stereocenters. The monoisotopic (exact) mass is 277 g/mol. The minimum atomic E-state index is -1.63. The Morgan fingerprint density at radius 3 is 2.53 bits per heavy atom. The molecule has 0 spiro atoms. The molecule has 0 bridgehead atoms. The van der Waals surface area contributed by atoms with Gasteiger partial charge in [-0.1, -0.05) is 35.3 Å². The number of carbonyl (C=O) groups is 2. The summed E-state index contributed by atoms with van der Waals surface area (Å²) in [6.45, 7) is 0. The molecule has 1 unspecified atom stereocenters. The molecule has 1 aromatic carbocycles. The van der Waals surface area contributed by atoms with Crippen molar-refractivity contribution in [3.05, 3.63) is 34.9 Å². The quantitative estimate of drug-likeness (QED) is 0.675. The van der Waals surface area contributed by atoms with Crippen LogP contribution in [0, 0.1) is 0 Å². The highest BCUT2D eigenvalue weighted by atomic mass is 35.5. The lowest BCUT2D eigenvalue weighted by molar-refractivity contribution is -0.167. The number of benzene rings is 1. The number of carboxylic acids is 1. The van der Waals surface area contributed by atoms with Gasteiger partial charge in [-0.25, -0.2) is 14.7 Å². The van der Waals surface area contributed by atoms with Crippen LogP contribution < -0.4 is 0 Å². The summed E-state index contributed by atoms with van der Waals surface area (Å²) in [7, 11) is 1.25. The maximum Gasteiger partial charge on any atom is 0.351 e. The molecule has 92 valence electrons. The molecule has 7 heteroatoms. The van der Waals surface area contributed by atoms with Gasteiger partial charge >= 0.3 is 5.97 Å². The third kappa shape index (κ3) is 3.59. The summed E-state index contributed by atoms with van der Waals surface area (Å²) in [5.74, 6) is -1.96. The highest BCUT2D eigenvalue weighted by Gasteiger charge is 2.22. The Bertz CT molecular complexity index is 438. The first kappa shape index (κ1) is 13.8. The van der Waals surface area contributed by atoms with E-state index in [0.717, 1.165) is 5.06 Å². The molecule has 0 radical (unpaired) electrons. The normalized spacial score (nSPS) is 11.9. The predicted molar refractivity (Wildman–Crippen MR) is 61.9 cm³/mol. The minimum Gasteiger partial charge on any atom is -0.478 e. The zero-order valence-electron chi connectivity index (χ0n) is 8.76. The fraction of sp³-hybridized carbons (Fsp3) is 0.200. The number of rotatable bonds is 4. The number of carboxylic acid groups (broad SMARTS) is 1. The van der Waals surface area contributed by atoms with Crippen LogP contribution in [-0.2, 0) is 9.63 Å². The molecule has 0 fully saturated rings. The van der Waals surface area contributed by atoms with Crippen molar-refractivity contribution < 1.29 is 19.5 Å². The molecule has 0 saturated heterocycles. The second-order valence-corrected chi connectivity index (χ2v) is 3.85. The zero-order valence-corrected chi connectivity index (χ0v) is 10.3. The molecule has 1 N–H and O–H groups in total. The molecular formula is C10H9Cl2NO4. The lowest BCUT2D eigenvalue weighted by Gasteiger charge is -2.18. The number of hydrogen-bond donors (Lipinski definition) is 1. The maximum absolute atomic E-state index is 11.8. The van der Waals surface area contributed by atoms with Gasteiger partial charge in [0.05, 0.1) is 10.6 Å². The van der Waals surface area contributed by atoms with E-state index in [9.17, 15) is 9.59 Å². The summed E-state index contributed by atoms with van der Waals surface area (Å²) in [4.78, 5) is 26.9. The Labute approximate surface area is 107 Å². The van der Waals surface area contributed by atoms with E-state index in [1.807, 2.05) is 0 Å². The summed E-state index contributed by atoms with van der Waals surface area (Å²) < 4.78 is 0. The van der Waals surface area contributed by atoms with Gasteiger partial charge < -0.3 is 5.11 Å². The second kappa shape index (κ2) is 5.86. The van der Waals surface area contributed by atoms with Crippen LogP contribution in [0.4, 0.5) is 0 Å². The van der Waals surface area contributed by atoms with Crippen molar-refractivity contribution in [2.45, 2.75) is 5.56 Å². The third-order valence-electron chi connectivity index (χ3n) is 1.84. The molecule has 1 amide bonds. The van der Waals surface area contributed by atoms with Crippen molar-refractivity contribution in [3.63, 3.8) is 0 Å². The van der Waals surface area contributed by atoms with E-state index in [1.165, 1.54) is 19.2 Å². The largest absolute Gasteiger partial charge is 0.478 e. The van der Waals surface area contributed by atoms with Crippen LogP contribution in [0.3, 0.4) is 0 Å². The van der Waals surface area contributed by atoms with Crippen LogP contribution in [0.15, 0.2) is 24.3 Å². The number of alkyl halides is 1. The highest BCUT2D eigenvalue weighted by Crippen LogP contribution is 2.17. The van der Waals surface area contributed by atoms with E-state index < -0.39 is 17.4 Å². The molecule has 5 nitrogen and oxygen atoms in total. The topological polar surface area (TPSA) is 66.8 Å². The van der Waals surface area contributed by atoms with Crippen LogP contribution in [0.25, 0.3) is 0 Å². The van der Waals surface area contributed by atoms with E-state index in [4.69, 9.17) is 28.3 Å². The first-order valence-corrected chi connectivity index (χ1v) is 5.31. The summed E-state index contributed by atoms with van der Waals surface area (Å²) in [6.07, 6.45) is 0. The van der Waals surface area contributed by atoms with Crippen molar-refractivity contribution in [2.24, 2.45) is 0 Å². The van der Waals surface area contributed by atoms with Crippen molar-refractivity contribution in [1.82, 2.24) is 5.06 Å². The third-order valence-corrected chi connectivity index (χ3v) is 2.43. The molecule has 0 aliphatic rings. The summed E-state index contributed by atoms with van der Waals surface area (Å²) in [6, 6.07) is 6.33. The van der Waals surface area contributed by atoms with Crippen LogP contribution in [0.1, 0.15) is 10.4 Å². The SMILES string of the molecule is CN(OC(Cl)C(=O)O)C(=O)c1ccccc1Cl. The predicted octanol–water partition coefficient (Wildman–Crippen LogP) is 1.99. The molecule has 0 aliphatic heterocycles. The molecule has 0 aliphatic carbocycles. The minimum absolute atomic E-state index is 0.200. The van der Waals surface area contributed by atoms with Gasteiger partial charge in [0.2, 0.25) is 0 Å². The van der Waals surface area contributed by atoms with Crippen molar-refractivity contribution in [1.29, 1.82) is 0 Å². The summed E-state index contributed by atoms with van der Waals surface area (Å²) in [5, 5.41) is 9.49. The highest BCUT2D eigenvalue weighted by molar-refractivity contribution is 6.33. The molecule has 1 aromatic rings. The standard InChI is InChI=1S/C10H9Cl2NO4/c1-13(17-8(12)10(15)16)9(14)6-4-2-3-5-7(6)11/h2-5,8H,1H3,(H,15,16). The van der Waals surface area contributed by atoms with E-state index >= 15 is 0 Å². The van der Waals surface area contributed by atoms with Gasteiger partial charge in [0.15, 0.2) is 0 Å². The van der Waals surface area contributed by atoms with Crippen LogP contribution in [0.2, 0.25) is 5.02 Å². The van der Waals surface area contributed by atoms with E-state index in [-0.39, 0.29) is 10.6 Å². The fourth-order valence-electron chi connectivity index (χ4n) is 1.04. The lowest BCUT2D eigenvalue weighted by atomic mass is 10.2. The van der Waals surface area contributed by atoms with Crippen molar-refractivity contribution in [2.75, 3.05) is 7.05 Å². The summed E-state index contributed by atoms with van der Waals surface area (Å²) in [5.41, 5.74) is -1.43. The van der Waals surface area contributed by atoms with E-state index in [1.54, 1.807) is 12.1 Å². The van der Waals surface area contributed by atoms with Crippen LogP contribution in [0.5, 0.6) is 0 Å². The Balaban J connectivity index is 2.77. The molecule has 0 heterocycles. The van der Waals surface area contributed by atoms with Gasteiger partial charge in [0.1, 0.15) is 0 Å².